The standard InChI is InChI=1S/C14H15ClO5S/c15-11-5-9(14(3-4-14)6-13(16)17)1-2-12(11)20-10-7-21(18,19)8-10/h1-2,5,10H,3-4,6-8H2,(H,16,17). The lowest BCUT2D eigenvalue weighted by atomic mass is 9.92. The van der Waals surface area contributed by atoms with Crippen molar-refractivity contribution in [1.29, 1.82) is 0 Å². The van der Waals surface area contributed by atoms with Crippen molar-refractivity contribution >= 4 is 27.4 Å². The third kappa shape index (κ3) is 3.01. The Bertz CT molecular complexity index is 681. The van der Waals surface area contributed by atoms with E-state index in [9.17, 15) is 13.2 Å². The maximum absolute atomic E-state index is 11.1. The molecular weight excluding hydrogens is 316 g/mol. The molecule has 114 valence electrons. The number of hydrogen-bond donors (Lipinski definition) is 1. The topological polar surface area (TPSA) is 80.7 Å². The van der Waals surface area contributed by atoms with Crippen molar-refractivity contribution in [2.75, 3.05) is 11.5 Å². The molecule has 0 atom stereocenters. The zero-order valence-electron chi connectivity index (χ0n) is 11.2. The highest BCUT2D eigenvalue weighted by Crippen LogP contribution is 2.52. The molecule has 2 fully saturated rings. The number of halogens is 1. The van der Waals surface area contributed by atoms with Crippen LogP contribution in [0.5, 0.6) is 5.75 Å². The van der Waals surface area contributed by atoms with Crippen LogP contribution in [0, 0.1) is 0 Å². The fraction of sp³-hybridized carbons (Fsp3) is 0.500. The smallest absolute Gasteiger partial charge is 0.304 e. The molecule has 3 rings (SSSR count). The Morgan fingerprint density at radius 3 is 2.52 bits per heavy atom. The number of carboxylic acids is 1. The summed E-state index contributed by atoms with van der Waals surface area (Å²) in [5.74, 6) is -0.322. The van der Waals surface area contributed by atoms with E-state index in [-0.39, 0.29) is 29.4 Å². The van der Waals surface area contributed by atoms with Crippen LogP contribution in [-0.2, 0) is 20.0 Å². The van der Waals surface area contributed by atoms with E-state index in [1.54, 1.807) is 12.1 Å². The molecule has 0 bridgehead atoms. The van der Waals surface area contributed by atoms with Gasteiger partial charge < -0.3 is 9.84 Å². The SMILES string of the molecule is O=C(O)CC1(c2ccc(OC3CS(=O)(=O)C3)c(Cl)c2)CC1. The Balaban J connectivity index is 1.73. The average molecular weight is 331 g/mol. The fourth-order valence-corrected chi connectivity index (χ4v) is 4.10. The minimum Gasteiger partial charge on any atom is -0.487 e. The normalized spacial score (nSPS) is 22.3. The monoisotopic (exact) mass is 330 g/mol. The van der Waals surface area contributed by atoms with Gasteiger partial charge in [0.2, 0.25) is 0 Å². The molecule has 1 saturated carbocycles. The Morgan fingerprint density at radius 2 is 2.05 bits per heavy atom. The van der Waals surface area contributed by atoms with Crippen LogP contribution in [0.25, 0.3) is 0 Å². The van der Waals surface area contributed by atoms with Crippen LogP contribution in [0.3, 0.4) is 0 Å². The molecule has 1 aromatic carbocycles. The highest BCUT2D eigenvalue weighted by molar-refractivity contribution is 7.92. The molecule has 1 aliphatic carbocycles. The lowest BCUT2D eigenvalue weighted by Gasteiger charge is -2.27. The van der Waals surface area contributed by atoms with Gasteiger partial charge in [0.15, 0.2) is 9.84 Å². The number of aliphatic carboxylic acids is 1. The number of carboxylic acid groups (broad SMARTS) is 1. The molecule has 1 aliphatic heterocycles. The molecule has 2 aliphatic rings. The van der Waals surface area contributed by atoms with Crippen molar-refractivity contribution < 1.29 is 23.1 Å². The van der Waals surface area contributed by atoms with E-state index in [0.29, 0.717) is 10.8 Å². The molecular formula is C14H15ClO5S. The second-order valence-electron chi connectivity index (χ2n) is 5.81. The first-order valence-corrected chi connectivity index (χ1v) is 8.89. The molecule has 7 heteroatoms. The summed E-state index contributed by atoms with van der Waals surface area (Å²) in [7, 11) is -2.93. The van der Waals surface area contributed by atoms with Crippen LogP contribution >= 0.6 is 11.6 Å². The largest absolute Gasteiger partial charge is 0.487 e. The summed E-state index contributed by atoms with van der Waals surface area (Å²) in [5.41, 5.74) is 0.608. The van der Waals surface area contributed by atoms with E-state index >= 15 is 0 Å². The van der Waals surface area contributed by atoms with Crippen molar-refractivity contribution in [1.82, 2.24) is 0 Å². The van der Waals surface area contributed by atoms with E-state index < -0.39 is 15.8 Å². The third-order valence-corrected chi connectivity index (χ3v) is 6.12. The summed E-state index contributed by atoms with van der Waals surface area (Å²) >= 11 is 6.17. The minimum atomic E-state index is -2.93. The summed E-state index contributed by atoms with van der Waals surface area (Å²) in [5, 5.41) is 9.36. The molecule has 5 nitrogen and oxygen atoms in total. The van der Waals surface area contributed by atoms with Crippen LogP contribution in [0.4, 0.5) is 0 Å². The van der Waals surface area contributed by atoms with Crippen molar-refractivity contribution in [2.24, 2.45) is 0 Å². The van der Waals surface area contributed by atoms with Crippen LogP contribution < -0.4 is 4.74 Å². The maximum atomic E-state index is 11.1. The van der Waals surface area contributed by atoms with Gasteiger partial charge in [-0.1, -0.05) is 17.7 Å². The van der Waals surface area contributed by atoms with Gasteiger partial charge in [-0.05, 0) is 30.5 Å². The molecule has 21 heavy (non-hydrogen) atoms. The Hall–Kier alpha value is -1.27. The first-order chi connectivity index (χ1) is 9.80. The molecule has 0 aromatic heterocycles. The number of hydrogen-bond acceptors (Lipinski definition) is 4. The fourth-order valence-electron chi connectivity index (χ4n) is 2.70. The number of sulfone groups is 1. The number of carbonyl (C=O) groups is 1. The predicted octanol–water partition coefficient (Wildman–Crippen LogP) is 2.02. The van der Waals surface area contributed by atoms with Gasteiger partial charge in [0, 0.05) is 5.41 Å². The average Bonchev–Trinajstić information content (AvgIpc) is 3.09. The lowest BCUT2D eigenvalue weighted by Crippen LogP contribution is -2.45. The molecule has 0 spiro atoms. The van der Waals surface area contributed by atoms with Crippen LogP contribution in [0.15, 0.2) is 18.2 Å². The van der Waals surface area contributed by atoms with Crippen molar-refractivity contribution in [3.05, 3.63) is 28.8 Å². The summed E-state index contributed by atoms with van der Waals surface area (Å²) in [6, 6.07) is 5.26. The van der Waals surface area contributed by atoms with Crippen molar-refractivity contribution in [2.45, 2.75) is 30.8 Å². The summed E-state index contributed by atoms with van der Waals surface area (Å²) < 4.78 is 27.8. The van der Waals surface area contributed by atoms with Gasteiger partial charge in [-0.2, -0.15) is 0 Å². The highest BCUT2D eigenvalue weighted by Gasteiger charge is 2.46. The van der Waals surface area contributed by atoms with Gasteiger partial charge in [0.25, 0.3) is 0 Å². The molecule has 1 heterocycles. The summed E-state index contributed by atoms with van der Waals surface area (Å²) in [4.78, 5) is 10.9. The first-order valence-electron chi connectivity index (χ1n) is 6.69. The van der Waals surface area contributed by atoms with E-state index in [4.69, 9.17) is 21.4 Å². The van der Waals surface area contributed by atoms with Crippen LogP contribution in [0.2, 0.25) is 5.02 Å². The van der Waals surface area contributed by atoms with E-state index in [2.05, 4.69) is 0 Å². The number of rotatable bonds is 5. The zero-order valence-corrected chi connectivity index (χ0v) is 12.8. The van der Waals surface area contributed by atoms with Gasteiger partial charge in [0.1, 0.15) is 11.9 Å². The Kier molecular flexibility index (Phi) is 3.41. The first kappa shape index (κ1) is 14.7. The minimum absolute atomic E-state index is 0.0219. The predicted molar refractivity (Wildman–Crippen MR) is 77.7 cm³/mol. The highest BCUT2D eigenvalue weighted by atomic mass is 35.5. The van der Waals surface area contributed by atoms with Crippen LogP contribution in [0.1, 0.15) is 24.8 Å². The van der Waals surface area contributed by atoms with E-state index in [1.165, 1.54) is 0 Å². The molecule has 0 unspecified atom stereocenters. The summed E-state index contributed by atoms with van der Waals surface area (Å²) in [6.45, 7) is 0. The summed E-state index contributed by atoms with van der Waals surface area (Å²) in [6.07, 6.45) is 1.45. The second-order valence-corrected chi connectivity index (χ2v) is 8.37. The van der Waals surface area contributed by atoms with Gasteiger partial charge in [-0.3, -0.25) is 4.79 Å². The Morgan fingerprint density at radius 1 is 1.38 bits per heavy atom. The molecule has 0 radical (unpaired) electrons. The maximum Gasteiger partial charge on any atom is 0.304 e. The van der Waals surface area contributed by atoms with Gasteiger partial charge in [0.05, 0.1) is 22.9 Å². The molecule has 1 saturated heterocycles. The lowest BCUT2D eigenvalue weighted by molar-refractivity contribution is -0.137. The van der Waals surface area contributed by atoms with Crippen molar-refractivity contribution in [3.63, 3.8) is 0 Å². The number of ether oxygens (including phenoxy) is 1. The zero-order chi connectivity index (χ0) is 15.3. The van der Waals surface area contributed by atoms with Crippen molar-refractivity contribution in [3.8, 4) is 5.75 Å². The van der Waals surface area contributed by atoms with E-state index in [1.807, 2.05) is 6.07 Å². The van der Waals surface area contributed by atoms with Crippen LogP contribution in [-0.4, -0.2) is 37.1 Å². The van der Waals surface area contributed by atoms with Gasteiger partial charge in [-0.15, -0.1) is 0 Å². The second kappa shape index (κ2) is 4.88. The Labute approximate surface area is 127 Å². The van der Waals surface area contributed by atoms with E-state index in [0.717, 1.165) is 18.4 Å². The molecule has 0 amide bonds. The third-order valence-electron chi connectivity index (χ3n) is 4.06. The van der Waals surface area contributed by atoms with Gasteiger partial charge in [-0.25, -0.2) is 8.42 Å². The molecule has 1 aromatic rings. The molecule has 1 N–H and O–H groups in total. The van der Waals surface area contributed by atoms with Gasteiger partial charge >= 0.3 is 5.97 Å². The number of benzene rings is 1. The quantitative estimate of drug-likeness (QED) is 0.893.